The van der Waals surface area contributed by atoms with Crippen molar-refractivity contribution in [1.29, 1.82) is 0 Å². The highest BCUT2D eigenvalue weighted by Gasteiger charge is 2.26. The van der Waals surface area contributed by atoms with E-state index < -0.39 is 0 Å². The first kappa shape index (κ1) is 14.7. The lowest BCUT2D eigenvalue weighted by Gasteiger charge is -2.06. The predicted octanol–water partition coefficient (Wildman–Crippen LogP) is 0.744. The zero-order chi connectivity index (χ0) is 15.2. The van der Waals surface area contributed by atoms with Crippen molar-refractivity contribution in [2.24, 2.45) is 16.1 Å². The molecule has 1 atom stereocenters. The van der Waals surface area contributed by atoms with E-state index in [-0.39, 0.29) is 29.9 Å². The molecule has 1 aromatic rings. The maximum absolute atomic E-state index is 11.6. The third kappa shape index (κ3) is 4.13. The first-order chi connectivity index (χ1) is 10.1. The van der Waals surface area contributed by atoms with E-state index in [1.54, 1.807) is 19.1 Å². The van der Waals surface area contributed by atoms with Gasteiger partial charge in [-0.25, -0.2) is 10.9 Å². The second-order valence-electron chi connectivity index (χ2n) is 4.71. The maximum atomic E-state index is 11.6. The summed E-state index contributed by atoms with van der Waals surface area (Å²) in [5.74, 6) is -0.606. The number of carbonyl (C=O) groups excluding carboxylic acids is 2. The minimum atomic E-state index is -0.336. The number of benzene rings is 1. The van der Waals surface area contributed by atoms with Crippen molar-refractivity contribution in [2.75, 3.05) is 0 Å². The van der Waals surface area contributed by atoms with Gasteiger partial charge in [0.15, 0.2) is 0 Å². The van der Waals surface area contributed by atoms with Crippen molar-refractivity contribution in [3.63, 3.8) is 0 Å². The number of hydrogen-bond acceptors (Lipinski definition) is 5. The fraction of sp³-hybridized carbons (Fsp3) is 0.286. The van der Waals surface area contributed by atoms with Gasteiger partial charge in [0.05, 0.1) is 12.1 Å². The van der Waals surface area contributed by atoms with E-state index in [1.807, 2.05) is 0 Å². The molecule has 1 aliphatic rings. The molecule has 0 spiro atoms. The summed E-state index contributed by atoms with van der Waals surface area (Å²) in [5.41, 5.74) is 6.23. The van der Waals surface area contributed by atoms with Gasteiger partial charge in [-0.3, -0.25) is 9.59 Å². The van der Waals surface area contributed by atoms with Crippen LogP contribution >= 0.6 is 0 Å². The average Bonchev–Trinajstić information content (AvgIpc) is 2.78. The normalized spacial score (nSPS) is 17.7. The Morgan fingerprint density at radius 3 is 2.81 bits per heavy atom. The van der Waals surface area contributed by atoms with Gasteiger partial charge in [-0.1, -0.05) is 0 Å². The standard InChI is InChI=1S/C14H16N4O3/c1-9-12(14(21)18-16-9)6-7-13(20)17-15-8-10-2-4-11(19)5-3-10/h2-5,8,12,19H,6-7H2,1H3,(H,17,20)(H,18,21)/b15-8+. The van der Waals surface area contributed by atoms with Gasteiger partial charge in [0.25, 0.3) is 0 Å². The number of phenolic OH excluding ortho intramolecular Hbond substituents is 1. The van der Waals surface area contributed by atoms with E-state index in [4.69, 9.17) is 5.11 Å². The number of phenols is 1. The molecular weight excluding hydrogens is 272 g/mol. The van der Waals surface area contributed by atoms with Gasteiger partial charge in [-0.05, 0) is 43.2 Å². The molecule has 0 saturated heterocycles. The molecule has 7 heteroatoms. The fourth-order valence-electron chi connectivity index (χ4n) is 1.90. The minimum Gasteiger partial charge on any atom is -0.508 e. The van der Waals surface area contributed by atoms with Crippen LogP contribution in [0.15, 0.2) is 34.5 Å². The lowest BCUT2D eigenvalue weighted by Crippen LogP contribution is -2.25. The van der Waals surface area contributed by atoms with Crippen LogP contribution in [0.3, 0.4) is 0 Å². The molecule has 110 valence electrons. The summed E-state index contributed by atoms with van der Waals surface area (Å²) < 4.78 is 0. The first-order valence-corrected chi connectivity index (χ1v) is 6.51. The SMILES string of the molecule is CC1=NNC(=O)C1CCC(=O)N/N=C/c1ccc(O)cc1. The van der Waals surface area contributed by atoms with E-state index in [0.717, 1.165) is 5.56 Å². The van der Waals surface area contributed by atoms with Gasteiger partial charge in [-0.2, -0.15) is 10.2 Å². The molecule has 0 aliphatic carbocycles. The predicted molar refractivity (Wildman–Crippen MR) is 77.8 cm³/mol. The summed E-state index contributed by atoms with van der Waals surface area (Å²) in [7, 11) is 0. The van der Waals surface area contributed by atoms with Crippen LogP contribution in [0, 0.1) is 5.92 Å². The van der Waals surface area contributed by atoms with Crippen molar-refractivity contribution in [3.8, 4) is 5.75 Å². The zero-order valence-corrected chi connectivity index (χ0v) is 11.5. The lowest BCUT2D eigenvalue weighted by molar-refractivity contribution is -0.123. The molecule has 3 N–H and O–H groups in total. The van der Waals surface area contributed by atoms with Crippen molar-refractivity contribution in [1.82, 2.24) is 10.9 Å². The molecule has 1 heterocycles. The fourth-order valence-corrected chi connectivity index (χ4v) is 1.90. The Hall–Kier alpha value is -2.70. The van der Waals surface area contributed by atoms with Crippen LogP contribution in [0.2, 0.25) is 0 Å². The summed E-state index contributed by atoms with van der Waals surface area (Å²) in [6.07, 6.45) is 2.08. The highest BCUT2D eigenvalue weighted by molar-refractivity contribution is 6.07. The lowest BCUT2D eigenvalue weighted by atomic mass is 9.99. The number of aromatic hydroxyl groups is 1. The average molecular weight is 288 g/mol. The van der Waals surface area contributed by atoms with Crippen molar-refractivity contribution >= 4 is 23.7 Å². The second-order valence-corrected chi connectivity index (χ2v) is 4.71. The third-order valence-corrected chi connectivity index (χ3v) is 3.12. The summed E-state index contributed by atoms with van der Waals surface area (Å²) in [6.45, 7) is 1.75. The summed E-state index contributed by atoms with van der Waals surface area (Å²) in [6, 6.07) is 6.41. The van der Waals surface area contributed by atoms with Gasteiger partial charge in [-0.15, -0.1) is 0 Å². The molecule has 2 amide bonds. The summed E-state index contributed by atoms with van der Waals surface area (Å²) in [4.78, 5) is 23.0. The number of carbonyl (C=O) groups is 2. The highest BCUT2D eigenvalue weighted by Crippen LogP contribution is 2.13. The molecule has 1 aromatic carbocycles. The van der Waals surface area contributed by atoms with Crippen molar-refractivity contribution < 1.29 is 14.7 Å². The number of hydrogen-bond donors (Lipinski definition) is 3. The monoisotopic (exact) mass is 288 g/mol. The zero-order valence-electron chi connectivity index (χ0n) is 11.5. The number of nitrogens with zero attached hydrogens (tertiary/aromatic N) is 2. The Morgan fingerprint density at radius 2 is 2.19 bits per heavy atom. The minimum absolute atomic E-state index is 0.169. The van der Waals surface area contributed by atoms with E-state index in [9.17, 15) is 9.59 Å². The Kier molecular flexibility index (Phi) is 4.65. The molecular formula is C14H16N4O3. The van der Waals surface area contributed by atoms with Crippen LogP contribution in [0.1, 0.15) is 25.3 Å². The second kappa shape index (κ2) is 6.65. The largest absolute Gasteiger partial charge is 0.508 e. The van der Waals surface area contributed by atoms with E-state index in [1.165, 1.54) is 18.3 Å². The Morgan fingerprint density at radius 1 is 1.48 bits per heavy atom. The molecule has 1 aliphatic heterocycles. The van der Waals surface area contributed by atoms with Gasteiger partial charge in [0.1, 0.15) is 5.75 Å². The number of amides is 2. The topological polar surface area (TPSA) is 103 Å². The molecule has 1 unspecified atom stereocenters. The van der Waals surface area contributed by atoms with Crippen LogP contribution < -0.4 is 10.9 Å². The third-order valence-electron chi connectivity index (χ3n) is 3.12. The van der Waals surface area contributed by atoms with E-state index in [2.05, 4.69) is 21.1 Å². The smallest absolute Gasteiger partial charge is 0.248 e. The first-order valence-electron chi connectivity index (χ1n) is 6.51. The van der Waals surface area contributed by atoms with E-state index >= 15 is 0 Å². The summed E-state index contributed by atoms with van der Waals surface area (Å²) >= 11 is 0. The Balaban J connectivity index is 1.76. The van der Waals surface area contributed by atoms with Gasteiger partial charge >= 0.3 is 0 Å². The van der Waals surface area contributed by atoms with Gasteiger partial charge < -0.3 is 5.11 Å². The molecule has 0 fully saturated rings. The molecule has 21 heavy (non-hydrogen) atoms. The van der Waals surface area contributed by atoms with Crippen LogP contribution in [0.4, 0.5) is 0 Å². The number of rotatable bonds is 5. The highest BCUT2D eigenvalue weighted by atomic mass is 16.3. The molecule has 0 saturated carbocycles. The number of nitrogens with one attached hydrogen (secondary N) is 2. The quantitative estimate of drug-likeness (QED) is 0.550. The van der Waals surface area contributed by atoms with Crippen LogP contribution in [0.5, 0.6) is 5.75 Å². The van der Waals surface area contributed by atoms with Crippen LogP contribution in [-0.2, 0) is 9.59 Å². The summed E-state index contributed by atoms with van der Waals surface area (Å²) in [5, 5.41) is 16.8. The molecule has 7 nitrogen and oxygen atoms in total. The van der Waals surface area contributed by atoms with Crippen LogP contribution in [0.25, 0.3) is 0 Å². The van der Waals surface area contributed by atoms with E-state index in [0.29, 0.717) is 12.1 Å². The number of hydrazone groups is 2. The van der Waals surface area contributed by atoms with Gasteiger partial charge in [0, 0.05) is 12.1 Å². The van der Waals surface area contributed by atoms with Crippen molar-refractivity contribution in [2.45, 2.75) is 19.8 Å². The molecule has 0 bridgehead atoms. The molecule has 0 radical (unpaired) electrons. The molecule has 2 rings (SSSR count). The maximum Gasteiger partial charge on any atom is 0.248 e. The Labute approximate surface area is 121 Å². The molecule has 0 aromatic heterocycles. The van der Waals surface area contributed by atoms with Crippen molar-refractivity contribution in [3.05, 3.63) is 29.8 Å². The Bertz CT molecular complexity index is 593. The van der Waals surface area contributed by atoms with Gasteiger partial charge in [0.2, 0.25) is 11.8 Å². The van der Waals surface area contributed by atoms with Crippen LogP contribution in [-0.4, -0.2) is 28.8 Å².